The maximum atomic E-state index is 13.4. The molecule has 0 spiro atoms. The smallest absolute Gasteiger partial charge is 0.434 e. The number of aromatic amines is 1. The number of pyridine rings is 1. The van der Waals surface area contributed by atoms with Gasteiger partial charge in [0.05, 0.1) is 23.6 Å². The number of carbonyl (C=O) groups excluding carboxylic acids is 1. The van der Waals surface area contributed by atoms with Crippen molar-refractivity contribution in [1.29, 1.82) is 0 Å². The molecule has 2 amide bonds. The summed E-state index contributed by atoms with van der Waals surface area (Å²) in [6.07, 6.45) is -3.52. The number of anilines is 1. The Morgan fingerprint density at radius 3 is 2.52 bits per heavy atom. The van der Waals surface area contributed by atoms with E-state index >= 15 is 0 Å². The number of nitrogens with one attached hydrogen (secondary N) is 3. The van der Waals surface area contributed by atoms with Crippen molar-refractivity contribution < 1.29 is 27.1 Å². The topological polar surface area (TPSA) is 91.9 Å². The molecule has 1 aromatic carbocycles. The molecule has 11 heteroatoms. The molecule has 4 rings (SSSR count). The van der Waals surface area contributed by atoms with Crippen LogP contribution in [0.5, 0.6) is 5.88 Å². The molecule has 2 aromatic heterocycles. The summed E-state index contributed by atoms with van der Waals surface area (Å²) < 4.78 is 58.3. The van der Waals surface area contributed by atoms with Gasteiger partial charge in [-0.25, -0.2) is 14.2 Å². The van der Waals surface area contributed by atoms with E-state index in [-0.39, 0.29) is 22.6 Å². The third-order valence-corrected chi connectivity index (χ3v) is 4.71. The third-order valence-electron chi connectivity index (χ3n) is 4.71. The van der Waals surface area contributed by atoms with Gasteiger partial charge >= 0.3 is 12.2 Å². The van der Waals surface area contributed by atoms with Crippen molar-refractivity contribution in [2.24, 2.45) is 0 Å². The van der Waals surface area contributed by atoms with Gasteiger partial charge in [0.1, 0.15) is 11.6 Å². The van der Waals surface area contributed by atoms with E-state index < -0.39 is 29.3 Å². The van der Waals surface area contributed by atoms with Crippen molar-refractivity contribution in [2.45, 2.75) is 24.6 Å². The van der Waals surface area contributed by atoms with Crippen molar-refractivity contribution in [3.63, 3.8) is 0 Å². The first-order chi connectivity index (χ1) is 13.7. The van der Waals surface area contributed by atoms with Crippen molar-refractivity contribution in [2.75, 3.05) is 12.4 Å². The summed E-state index contributed by atoms with van der Waals surface area (Å²) in [6.45, 7) is 0. The Morgan fingerprint density at radius 2 is 1.93 bits per heavy atom. The number of hydrogen-bond acceptors (Lipinski definition) is 4. The summed E-state index contributed by atoms with van der Waals surface area (Å²) in [7, 11) is 1.19. The van der Waals surface area contributed by atoms with Crippen LogP contribution in [0.15, 0.2) is 30.3 Å². The predicted molar refractivity (Wildman–Crippen MR) is 94.9 cm³/mol. The van der Waals surface area contributed by atoms with Crippen LogP contribution in [-0.2, 0) is 11.7 Å². The summed E-state index contributed by atoms with van der Waals surface area (Å²) in [4.78, 5) is 15.9. The molecular weight excluding hydrogens is 394 g/mol. The number of carbonyl (C=O) groups is 1. The highest BCUT2D eigenvalue weighted by Gasteiger charge is 2.46. The van der Waals surface area contributed by atoms with Gasteiger partial charge in [-0.2, -0.15) is 13.2 Å². The second-order valence-electron chi connectivity index (χ2n) is 6.68. The van der Waals surface area contributed by atoms with Crippen LogP contribution in [0.4, 0.5) is 28.2 Å². The normalized spacial score (nSPS) is 15.2. The number of halogens is 4. The fourth-order valence-corrected chi connectivity index (χ4v) is 3.18. The van der Waals surface area contributed by atoms with Crippen LogP contribution in [0.1, 0.15) is 24.1 Å². The van der Waals surface area contributed by atoms with Gasteiger partial charge in [-0.15, -0.1) is 5.10 Å². The molecular formula is C18H15F4N5O2. The molecule has 0 unspecified atom stereocenters. The summed E-state index contributed by atoms with van der Waals surface area (Å²) in [5.41, 5.74) is -1.17. The molecule has 1 aliphatic carbocycles. The Kier molecular flexibility index (Phi) is 4.32. The number of ether oxygens (including phenoxy) is 1. The van der Waals surface area contributed by atoms with Gasteiger partial charge in [-0.3, -0.25) is 10.4 Å². The fraction of sp³-hybridized carbons (Fsp3) is 0.278. The minimum atomic E-state index is -4.78. The van der Waals surface area contributed by atoms with Gasteiger partial charge in [0.25, 0.3) is 0 Å². The summed E-state index contributed by atoms with van der Waals surface area (Å²) in [5, 5.41) is 10.8. The zero-order valence-corrected chi connectivity index (χ0v) is 15.0. The average molecular weight is 409 g/mol. The minimum absolute atomic E-state index is 0.0131. The number of rotatable bonds is 4. The maximum absolute atomic E-state index is 13.4. The number of methoxy groups -OCH3 is 1. The van der Waals surface area contributed by atoms with Crippen molar-refractivity contribution in [1.82, 2.24) is 20.5 Å². The second-order valence-corrected chi connectivity index (χ2v) is 6.68. The SMILES string of the molecule is COc1n[nH]c2cc(NC(=O)NC3(c4ccc(F)cc4)CC3)nc(C(F)(F)F)c12. The number of amides is 2. The minimum Gasteiger partial charge on any atom is -0.479 e. The van der Waals surface area contributed by atoms with Crippen molar-refractivity contribution >= 4 is 22.8 Å². The first-order valence-electron chi connectivity index (χ1n) is 8.57. The van der Waals surface area contributed by atoms with Gasteiger partial charge in [0.2, 0.25) is 5.88 Å². The van der Waals surface area contributed by atoms with Crippen LogP contribution in [-0.4, -0.2) is 28.3 Å². The lowest BCUT2D eigenvalue weighted by molar-refractivity contribution is -0.139. The molecule has 1 saturated carbocycles. The predicted octanol–water partition coefficient (Wildman–Crippen LogP) is 3.94. The van der Waals surface area contributed by atoms with Crippen LogP contribution >= 0.6 is 0 Å². The number of H-pyrrole nitrogens is 1. The van der Waals surface area contributed by atoms with Crippen LogP contribution < -0.4 is 15.4 Å². The zero-order chi connectivity index (χ0) is 20.8. The fourth-order valence-electron chi connectivity index (χ4n) is 3.18. The van der Waals surface area contributed by atoms with Gasteiger partial charge in [0, 0.05) is 6.07 Å². The van der Waals surface area contributed by atoms with Crippen molar-refractivity contribution in [3.8, 4) is 5.88 Å². The van der Waals surface area contributed by atoms with Crippen LogP contribution in [0.3, 0.4) is 0 Å². The third kappa shape index (κ3) is 3.55. The van der Waals surface area contributed by atoms with Gasteiger partial charge in [-0.05, 0) is 30.5 Å². The average Bonchev–Trinajstić information content (AvgIpc) is 3.31. The number of nitrogens with zero attached hydrogens (tertiary/aromatic N) is 2. The van der Waals surface area contributed by atoms with Crippen LogP contribution in [0, 0.1) is 5.82 Å². The first-order valence-corrected chi connectivity index (χ1v) is 8.57. The van der Waals surface area contributed by atoms with Gasteiger partial charge in [0.15, 0.2) is 5.69 Å². The number of hydrogen-bond donors (Lipinski definition) is 3. The Hall–Kier alpha value is -3.37. The van der Waals surface area contributed by atoms with E-state index in [1.807, 2.05) is 0 Å². The molecule has 2 heterocycles. The molecule has 1 fully saturated rings. The summed E-state index contributed by atoms with van der Waals surface area (Å²) >= 11 is 0. The van der Waals surface area contributed by atoms with E-state index in [2.05, 4.69) is 25.8 Å². The van der Waals surface area contributed by atoms with E-state index in [4.69, 9.17) is 4.74 Å². The van der Waals surface area contributed by atoms with E-state index in [1.54, 1.807) is 12.1 Å². The second kappa shape index (κ2) is 6.61. The monoisotopic (exact) mass is 409 g/mol. The molecule has 29 heavy (non-hydrogen) atoms. The lowest BCUT2D eigenvalue weighted by Crippen LogP contribution is -2.38. The van der Waals surface area contributed by atoms with Crippen molar-refractivity contribution in [3.05, 3.63) is 47.4 Å². The molecule has 3 N–H and O–H groups in total. The Bertz CT molecular complexity index is 1070. The van der Waals surface area contributed by atoms with E-state index in [0.717, 1.165) is 0 Å². The van der Waals surface area contributed by atoms with E-state index in [9.17, 15) is 22.4 Å². The van der Waals surface area contributed by atoms with Crippen LogP contribution in [0.2, 0.25) is 0 Å². The molecule has 7 nitrogen and oxygen atoms in total. The number of benzene rings is 1. The Balaban J connectivity index is 1.59. The highest BCUT2D eigenvalue weighted by atomic mass is 19.4. The quantitative estimate of drug-likeness (QED) is 0.570. The molecule has 0 atom stereocenters. The maximum Gasteiger partial charge on any atom is 0.434 e. The Morgan fingerprint density at radius 1 is 1.24 bits per heavy atom. The lowest BCUT2D eigenvalue weighted by Gasteiger charge is -2.18. The molecule has 1 aliphatic rings. The number of fused-ring (bicyclic) bond motifs is 1. The standard InChI is InChI=1S/C18H15F4N5O2/c1-29-15-13-11(26-27-15)8-12(23-14(13)18(20,21)22)24-16(28)25-17(6-7-17)9-2-4-10(19)5-3-9/h2-5,8H,6-7H2,1H3,(H,26,27)(H2,23,24,25,28). The number of alkyl halides is 3. The highest BCUT2D eigenvalue weighted by molar-refractivity contribution is 5.94. The van der Waals surface area contributed by atoms with E-state index in [1.165, 1.54) is 25.3 Å². The first kappa shape index (κ1) is 19.0. The highest BCUT2D eigenvalue weighted by Crippen LogP contribution is 2.45. The van der Waals surface area contributed by atoms with Gasteiger partial charge < -0.3 is 10.1 Å². The zero-order valence-electron chi connectivity index (χ0n) is 15.0. The lowest BCUT2D eigenvalue weighted by atomic mass is 10.1. The van der Waals surface area contributed by atoms with Crippen LogP contribution in [0.25, 0.3) is 10.9 Å². The summed E-state index contributed by atoms with van der Waals surface area (Å²) in [5.74, 6) is -0.950. The molecule has 152 valence electrons. The Labute approximate surface area is 161 Å². The molecule has 3 aromatic rings. The van der Waals surface area contributed by atoms with E-state index in [0.29, 0.717) is 18.4 Å². The molecule has 0 saturated heterocycles. The molecule has 0 radical (unpaired) electrons. The number of urea groups is 1. The number of aromatic nitrogens is 3. The largest absolute Gasteiger partial charge is 0.479 e. The summed E-state index contributed by atoms with van der Waals surface area (Å²) in [6, 6.07) is 6.20. The molecule has 0 aliphatic heterocycles. The molecule has 0 bridgehead atoms. The van der Waals surface area contributed by atoms with Gasteiger partial charge in [-0.1, -0.05) is 12.1 Å².